The highest BCUT2D eigenvalue weighted by atomic mass is 16.7. The van der Waals surface area contributed by atoms with Gasteiger partial charge in [-0.3, -0.25) is 4.98 Å². The average Bonchev–Trinajstić information content (AvgIpc) is 3.10. The maximum atomic E-state index is 12.4. The van der Waals surface area contributed by atoms with Crippen LogP contribution in [-0.4, -0.2) is 17.7 Å². The van der Waals surface area contributed by atoms with E-state index >= 15 is 0 Å². The van der Waals surface area contributed by atoms with E-state index in [9.17, 15) is 4.79 Å². The molecule has 0 N–H and O–H groups in total. The second-order valence-electron chi connectivity index (χ2n) is 5.60. The maximum Gasteiger partial charge on any atom is 0.345 e. The van der Waals surface area contributed by atoms with Crippen molar-refractivity contribution in [1.29, 1.82) is 0 Å². The molecule has 0 spiro atoms. The van der Waals surface area contributed by atoms with Crippen LogP contribution in [0.3, 0.4) is 0 Å². The van der Waals surface area contributed by atoms with Crippen molar-refractivity contribution >= 4 is 5.97 Å². The lowest BCUT2D eigenvalue weighted by Gasteiger charge is -2.09. The number of aromatic nitrogens is 1. The van der Waals surface area contributed by atoms with E-state index in [1.807, 2.05) is 36.4 Å². The normalized spacial score (nSPS) is 12.0. The van der Waals surface area contributed by atoms with Crippen molar-refractivity contribution in [3.63, 3.8) is 0 Å². The zero-order valence-electron chi connectivity index (χ0n) is 13.6. The van der Waals surface area contributed by atoms with Crippen LogP contribution in [0.4, 0.5) is 0 Å². The Bertz CT molecular complexity index is 938. The Morgan fingerprint density at radius 1 is 1.00 bits per heavy atom. The largest absolute Gasteiger partial charge is 0.454 e. The fourth-order valence-corrected chi connectivity index (χ4v) is 2.65. The first kappa shape index (κ1) is 15.2. The molecule has 0 aliphatic carbocycles. The summed E-state index contributed by atoms with van der Waals surface area (Å²) >= 11 is 0. The first-order valence-corrected chi connectivity index (χ1v) is 7.85. The second-order valence-corrected chi connectivity index (χ2v) is 5.60. The van der Waals surface area contributed by atoms with Gasteiger partial charge in [0.1, 0.15) is 5.75 Å². The van der Waals surface area contributed by atoms with Gasteiger partial charge in [-0.05, 0) is 31.2 Å². The third kappa shape index (κ3) is 3.04. The fraction of sp³-hybridized carbons (Fsp3) is 0.100. The molecule has 2 heterocycles. The van der Waals surface area contributed by atoms with E-state index in [0.717, 1.165) is 11.3 Å². The molecule has 3 aromatic rings. The Morgan fingerprint density at radius 3 is 2.60 bits per heavy atom. The van der Waals surface area contributed by atoms with Gasteiger partial charge in [-0.15, -0.1) is 0 Å². The highest BCUT2D eigenvalue weighted by molar-refractivity contribution is 5.92. The number of nitrogens with zero attached hydrogens (tertiary/aromatic N) is 1. The van der Waals surface area contributed by atoms with Gasteiger partial charge in [0.05, 0.1) is 17.0 Å². The SMILES string of the molecule is Cc1nc(-c2ccccc2)ccc1C(=O)Oc1ccc2c(c1)OCO2. The minimum atomic E-state index is -0.455. The third-order valence-corrected chi connectivity index (χ3v) is 3.93. The molecule has 0 fully saturated rings. The molecule has 1 aromatic heterocycles. The first-order chi connectivity index (χ1) is 12.2. The Labute approximate surface area is 144 Å². The predicted molar refractivity (Wildman–Crippen MR) is 91.9 cm³/mol. The zero-order valence-corrected chi connectivity index (χ0v) is 13.6. The van der Waals surface area contributed by atoms with Crippen molar-refractivity contribution < 1.29 is 19.0 Å². The highest BCUT2D eigenvalue weighted by Gasteiger charge is 2.17. The second kappa shape index (κ2) is 6.28. The van der Waals surface area contributed by atoms with Crippen molar-refractivity contribution in [2.75, 3.05) is 6.79 Å². The number of benzene rings is 2. The van der Waals surface area contributed by atoms with E-state index in [0.29, 0.717) is 28.5 Å². The van der Waals surface area contributed by atoms with Gasteiger partial charge in [0.2, 0.25) is 6.79 Å². The van der Waals surface area contributed by atoms with Crippen LogP contribution >= 0.6 is 0 Å². The quantitative estimate of drug-likeness (QED) is 0.535. The third-order valence-electron chi connectivity index (χ3n) is 3.93. The number of ether oxygens (including phenoxy) is 3. The molecule has 0 amide bonds. The van der Waals surface area contributed by atoms with Crippen molar-refractivity contribution in [1.82, 2.24) is 4.98 Å². The van der Waals surface area contributed by atoms with Crippen LogP contribution in [-0.2, 0) is 0 Å². The Kier molecular flexibility index (Phi) is 3.82. The maximum absolute atomic E-state index is 12.4. The summed E-state index contributed by atoms with van der Waals surface area (Å²) in [7, 11) is 0. The lowest BCUT2D eigenvalue weighted by atomic mass is 10.1. The number of rotatable bonds is 3. The summed E-state index contributed by atoms with van der Waals surface area (Å²) in [5.41, 5.74) is 2.86. The molecule has 2 aromatic carbocycles. The van der Waals surface area contributed by atoms with Gasteiger partial charge in [-0.25, -0.2) is 4.79 Å². The molecular formula is C20H15NO4. The molecule has 124 valence electrons. The number of esters is 1. The molecule has 0 unspecified atom stereocenters. The summed E-state index contributed by atoms with van der Waals surface area (Å²) in [6, 6.07) is 18.4. The van der Waals surface area contributed by atoms with Crippen molar-refractivity contribution in [3.8, 4) is 28.5 Å². The highest BCUT2D eigenvalue weighted by Crippen LogP contribution is 2.35. The molecule has 4 rings (SSSR count). The number of fused-ring (bicyclic) bond motifs is 1. The monoisotopic (exact) mass is 333 g/mol. The summed E-state index contributed by atoms with van der Waals surface area (Å²) in [4.78, 5) is 17.0. The minimum absolute atomic E-state index is 0.177. The van der Waals surface area contributed by atoms with Gasteiger partial charge in [0, 0.05) is 11.6 Å². The number of carbonyl (C=O) groups is 1. The van der Waals surface area contributed by atoms with E-state index in [2.05, 4.69) is 4.98 Å². The Hall–Kier alpha value is -3.34. The molecule has 0 atom stereocenters. The van der Waals surface area contributed by atoms with Gasteiger partial charge < -0.3 is 14.2 Å². The van der Waals surface area contributed by atoms with Gasteiger partial charge in [0.25, 0.3) is 0 Å². The fourth-order valence-electron chi connectivity index (χ4n) is 2.65. The van der Waals surface area contributed by atoms with Crippen LogP contribution in [0.5, 0.6) is 17.2 Å². The minimum Gasteiger partial charge on any atom is -0.454 e. The first-order valence-electron chi connectivity index (χ1n) is 7.85. The number of aryl methyl sites for hydroxylation is 1. The van der Waals surface area contributed by atoms with E-state index in [4.69, 9.17) is 14.2 Å². The lowest BCUT2D eigenvalue weighted by Crippen LogP contribution is -2.11. The molecular weight excluding hydrogens is 318 g/mol. The van der Waals surface area contributed by atoms with Crippen molar-refractivity contribution in [2.24, 2.45) is 0 Å². The number of carbonyl (C=O) groups excluding carboxylic acids is 1. The number of pyridine rings is 1. The zero-order chi connectivity index (χ0) is 17.2. The molecule has 5 nitrogen and oxygen atoms in total. The molecule has 0 saturated carbocycles. The lowest BCUT2D eigenvalue weighted by molar-refractivity contribution is 0.0733. The van der Waals surface area contributed by atoms with Crippen LogP contribution in [0.2, 0.25) is 0 Å². The van der Waals surface area contributed by atoms with E-state index in [1.165, 1.54) is 0 Å². The molecule has 25 heavy (non-hydrogen) atoms. The predicted octanol–water partition coefficient (Wildman–Crippen LogP) is 4.00. The van der Waals surface area contributed by atoms with E-state index < -0.39 is 5.97 Å². The summed E-state index contributed by atoms with van der Waals surface area (Å²) in [6.07, 6.45) is 0. The van der Waals surface area contributed by atoms with Crippen molar-refractivity contribution in [2.45, 2.75) is 6.92 Å². The summed E-state index contributed by atoms with van der Waals surface area (Å²) in [5.74, 6) is 1.16. The summed E-state index contributed by atoms with van der Waals surface area (Å²) < 4.78 is 16.0. The van der Waals surface area contributed by atoms with Crippen LogP contribution in [0.15, 0.2) is 60.7 Å². The van der Waals surface area contributed by atoms with Crippen LogP contribution in [0.1, 0.15) is 16.1 Å². The molecule has 5 heteroatoms. The molecule has 1 aliphatic rings. The van der Waals surface area contributed by atoms with Gasteiger partial charge in [-0.1, -0.05) is 30.3 Å². The molecule has 1 aliphatic heterocycles. The standard InChI is InChI=1S/C20H15NO4/c1-13-16(8-9-17(21-13)14-5-3-2-4-6-14)20(22)25-15-7-10-18-19(11-15)24-12-23-18/h2-11H,12H2,1H3. The van der Waals surface area contributed by atoms with Crippen molar-refractivity contribution in [3.05, 3.63) is 71.9 Å². The number of hydrogen-bond acceptors (Lipinski definition) is 5. The van der Waals surface area contributed by atoms with E-state index in [-0.39, 0.29) is 6.79 Å². The Morgan fingerprint density at radius 2 is 1.80 bits per heavy atom. The van der Waals surface area contributed by atoms with Gasteiger partial charge >= 0.3 is 5.97 Å². The molecule has 0 radical (unpaired) electrons. The molecule has 0 bridgehead atoms. The summed E-state index contributed by atoms with van der Waals surface area (Å²) in [6.45, 7) is 1.97. The average molecular weight is 333 g/mol. The van der Waals surface area contributed by atoms with Crippen LogP contribution < -0.4 is 14.2 Å². The van der Waals surface area contributed by atoms with Gasteiger partial charge in [0.15, 0.2) is 11.5 Å². The smallest absolute Gasteiger partial charge is 0.345 e. The Balaban J connectivity index is 1.56. The topological polar surface area (TPSA) is 57.7 Å². The van der Waals surface area contributed by atoms with E-state index in [1.54, 1.807) is 31.2 Å². The van der Waals surface area contributed by atoms with Gasteiger partial charge in [-0.2, -0.15) is 0 Å². The number of hydrogen-bond donors (Lipinski definition) is 0. The summed E-state index contributed by atoms with van der Waals surface area (Å²) in [5, 5.41) is 0. The molecule has 0 saturated heterocycles. The van der Waals surface area contributed by atoms with Crippen LogP contribution in [0.25, 0.3) is 11.3 Å². The van der Waals surface area contributed by atoms with Crippen LogP contribution in [0, 0.1) is 6.92 Å².